The van der Waals surface area contributed by atoms with Gasteiger partial charge in [0.2, 0.25) is 0 Å². The lowest BCUT2D eigenvalue weighted by atomic mass is 10.1. The van der Waals surface area contributed by atoms with E-state index in [1.54, 1.807) is 0 Å². The molecule has 0 radical (unpaired) electrons. The molecule has 0 aliphatic rings. The minimum atomic E-state index is -2.89. The molecule has 0 fully saturated rings. The Labute approximate surface area is 168 Å². The van der Waals surface area contributed by atoms with Gasteiger partial charge in [-0.3, -0.25) is 4.79 Å². The molecule has 0 spiro atoms. The van der Waals surface area contributed by atoms with Gasteiger partial charge in [0.25, 0.3) is 5.91 Å². The van der Waals surface area contributed by atoms with Crippen molar-refractivity contribution < 1.29 is 27.8 Å². The van der Waals surface area contributed by atoms with Crippen molar-refractivity contribution in [3.05, 3.63) is 65.7 Å². The highest BCUT2D eigenvalue weighted by Crippen LogP contribution is 2.15. The van der Waals surface area contributed by atoms with Gasteiger partial charge in [-0.15, -0.1) is 0 Å². The number of hydrogen-bond donors (Lipinski definition) is 1. The Morgan fingerprint density at radius 2 is 1.76 bits per heavy atom. The van der Waals surface area contributed by atoms with E-state index in [2.05, 4.69) is 17.0 Å². The zero-order valence-electron chi connectivity index (χ0n) is 16.1. The first-order valence-electron chi connectivity index (χ1n) is 9.24. The van der Waals surface area contributed by atoms with Crippen LogP contribution in [-0.2, 0) is 20.7 Å². The molecule has 29 heavy (non-hydrogen) atoms. The van der Waals surface area contributed by atoms with Crippen LogP contribution in [0.4, 0.5) is 14.5 Å². The number of alkyl halides is 2. The lowest BCUT2D eigenvalue weighted by molar-refractivity contribution is -0.142. The summed E-state index contributed by atoms with van der Waals surface area (Å²) >= 11 is 0. The Morgan fingerprint density at radius 3 is 2.38 bits per heavy atom. The first kappa shape index (κ1) is 22.1. The van der Waals surface area contributed by atoms with Crippen LogP contribution >= 0.6 is 0 Å². The summed E-state index contributed by atoms with van der Waals surface area (Å²) in [6.07, 6.45) is 5.83. The van der Waals surface area contributed by atoms with Crippen molar-refractivity contribution >= 4 is 23.6 Å². The fourth-order valence-electron chi connectivity index (χ4n) is 2.44. The van der Waals surface area contributed by atoms with E-state index >= 15 is 0 Å². The summed E-state index contributed by atoms with van der Waals surface area (Å²) < 4.78 is 33.3. The van der Waals surface area contributed by atoms with E-state index in [1.165, 1.54) is 35.9 Å². The Balaban J connectivity index is 1.75. The molecule has 0 unspecified atom stereocenters. The molecule has 2 aromatic carbocycles. The van der Waals surface area contributed by atoms with Gasteiger partial charge in [0.15, 0.2) is 6.61 Å². The van der Waals surface area contributed by atoms with E-state index < -0.39 is 25.1 Å². The van der Waals surface area contributed by atoms with Crippen LogP contribution in [0.2, 0.25) is 0 Å². The van der Waals surface area contributed by atoms with Crippen molar-refractivity contribution in [3.8, 4) is 5.75 Å². The molecule has 1 amide bonds. The largest absolute Gasteiger partial charge is 0.452 e. The van der Waals surface area contributed by atoms with Gasteiger partial charge in [-0.25, -0.2) is 4.79 Å². The summed E-state index contributed by atoms with van der Waals surface area (Å²) in [4.78, 5) is 23.6. The maximum absolute atomic E-state index is 12.1. The fourth-order valence-corrected chi connectivity index (χ4v) is 2.44. The van der Waals surface area contributed by atoms with Gasteiger partial charge < -0.3 is 14.8 Å². The first-order valence-corrected chi connectivity index (χ1v) is 9.24. The lowest BCUT2D eigenvalue weighted by Crippen LogP contribution is -2.20. The average Bonchev–Trinajstić information content (AvgIpc) is 2.71. The number of carbonyl (C=O) groups excluding carboxylic acids is 2. The second-order valence-corrected chi connectivity index (χ2v) is 6.24. The van der Waals surface area contributed by atoms with Crippen LogP contribution in [-0.4, -0.2) is 25.1 Å². The monoisotopic (exact) mass is 403 g/mol. The van der Waals surface area contributed by atoms with E-state index in [1.807, 2.05) is 24.3 Å². The highest BCUT2D eigenvalue weighted by atomic mass is 19.3. The number of anilines is 1. The van der Waals surface area contributed by atoms with Crippen molar-refractivity contribution in [3.63, 3.8) is 0 Å². The van der Waals surface area contributed by atoms with E-state index in [4.69, 9.17) is 4.74 Å². The molecular formula is C22H23F2NO4. The lowest BCUT2D eigenvalue weighted by Gasteiger charge is -2.07. The van der Waals surface area contributed by atoms with E-state index in [-0.39, 0.29) is 5.75 Å². The standard InChI is InChI=1S/C22H23F2NO4/c1-2-3-4-16-5-10-18(11-6-16)25-20(26)15-28-21(27)14-9-17-7-12-19(13-8-17)29-22(23)24/h5-14,22H,2-4,15H2,1H3,(H,25,26)/b14-9+. The molecule has 1 N–H and O–H groups in total. The summed E-state index contributed by atoms with van der Waals surface area (Å²) in [6.45, 7) is -1.18. The Bertz CT molecular complexity index is 818. The number of hydrogen-bond acceptors (Lipinski definition) is 4. The number of benzene rings is 2. The van der Waals surface area contributed by atoms with Crippen molar-refractivity contribution in [1.29, 1.82) is 0 Å². The number of unbranched alkanes of at least 4 members (excludes halogenated alkanes) is 1. The predicted molar refractivity (Wildman–Crippen MR) is 107 cm³/mol. The summed E-state index contributed by atoms with van der Waals surface area (Å²) in [5, 5.41) is 2.66. The third-order valence-electron chi connectivity index (χ3n) is 3.92. The Morgan fingerprint density at radius 1 is 1.07 bits per heavy atom. The van der Waals surface area contributed by atoms with Crippen LogP contribution in [0, 0.1) is 0 Å². The second-order valence-electron chi connectivity index (χ2n) is 6.24. The molecule has 2 aromatic rings. The topological polar surface area (TPSA) is 64.6 Å². The third kappa shape index (κ3) is 8.55. The zero-order chi connectivity index (χ0) is 21.1. The zero-order valence-corrected chi connectivity index (χ0v) is 16.1. The molecule has 0 saturated carbocycles. The van der Waals surface area contributed by atoms with Gasteiger partial charge in [-0.1, -0.05) is 37.6 Å². The number of aryl methyl sites for hydroxylation is 1. The third-order valence-corrected chi connectivity index (χ3v) is 3.92. The molecule has 0 aromatic heterocycles. The van der Waals surface area contributed by atoms with Crippen LogP contribution in [0.3, 0.4) is 0 Å². The SMILES string of the molecule is CCCCc1ccc(NC(=O)COC(=O)/C=C/c2ccc(OC(F)F)cc2)cc1. The van der Waals surface area contributed by atoms with E-state index in [9.17, 15) is 18.4 Å². The highest BCUT2D eigenvalue weighted by molar-refractivity contribution is 5.94. The van der Waals surface area contributed by atoms with Gasteiger partial charge in [0.05, 0.1) is 0 Å². The maximum atomic E-state index is 12.1. The molecule has 154 valence electrons. The molecule has 0 aliphatic carbocycles. The molecule has 0 atom stereocenters. The summed E-state index contributed by atoms with van der Waals surface area (Å²) in [5.41, 5.74) is 2.43. The van der Waals surface area contributed by atoms with Crippen LogP contribution in [0.15, 0.2) is 54.6 Å². The fraction of sp³-hybridized carbons (Fsp3) is 0.273. The van der Waals surface area contributed by atoms with Crippen LogP contribution in [0.5, 0.6) is 5.75 Å². The second kappa shape index (κ2) is 11.6. The van der Waals surface area contributed by atoms with Crippen molar-refractivity contribution in [2.45, 2.75) is 32.8 Å². The molecule has 0 aliphatic heterocycles. The van der Waals surface area contributed by atoms with Crippen LogP contribution in [0.25, 0.3) is 6.08 Å². The van der Waals surface area contributed by atoms with Crippen LogP contribution in [0.1, 0.15) is 30.9 Å². The summed E-state index contributed by atoms with van der Waals surface area (Å²) in [5.74, 6) is -1.11. The molecular weight excluding hydrogens is 380 g/mol. The minimum absolute atomic E-state index is 0.0230. The molecule has 7 heteroatoms. The normalized spacial score (nSPS) is 10.9. The summed E-state index contributed by atoms with van der Waals surface area (Å²) in [7, 11) is 0. The van der Waals surface area contributed by atoms with Gasteiger partial charge >= 0.3 is 12.6 Å². The smallest absolute Gasteiger partial charge is 0.387 e. The van der Waals surface area contributed by atoms with Crippen molar-refractivity contribution in [2.24, 2.45) is 0 Å². The summed E-state index contributed by atoms with van der Waals surface area (Å²) in [6, 6.07) is 13.3. The van der Waals surface area contributed by atoms with Crippen molar-refractivity contribution in [1.82, 2.24) is 0 Å². The number of carbonyl (C=O) groups is 2. The number of amides is 1. The van der Waals surface area contributed by atoms with Gasteiger partial charge in [0, 0.05) is 11.8 Å². The quantitative estimate of drug-likeness (QED) is 0.456. The Kier molecular flexibility index (Phi) is 8.82. The molecule has 5 nitrogen and oxygen atoms in total. The maximum Gasteiger partial charge on any atom is 0.387 e. The molecule has 0 heterocycles. The molecule has 0 bridgehead atoms. The van der Waals surface area contributed by atoms with Gasteiger partial charge in [0.1, 0.15) is 5.75 Å². The first-order chi connectivity index (χ1) is 14.0. The van der Waals surface area contributed by atoms with Crippen LogP contribution < -0.4 is 10.1 Å². The Hall–Kier alpha value is -3.22. The number of nitrogens with one attached hydrogen (secondary N) is 1. The van der Waals surface area contributed by atoms with Gasteiger partial charge in [-0.2, -0.15) is 8.78 Å². The number of halogens is 2. The molecule has 0 saturated heterocycles. The predicted octanol–water partition coefficient (Wildman–Crippen LogP) is 4.83. The minimum Gasteiger partial charge on any atom is -0.452 e. The molecule has 2 rings (SSSR count). The van der Waals surface area contributed by atoms with Gasteiger partial charge in [-0.05, 0) is 54.3 Å². The number of ether oxygens (including phenoxy) is 2. The van der Waals surface area contributed by atoms with E-state index in [0.29, 0.717) is 11.3 Å². The average molecular weight is 403 g/mol. The van der Waals surface area contributed by atoms with Crippen molar-refractivity contribution in [2.75, 3.05) is 11.9 Å². The number of rotatable bonds is 10. The van der Waals surface area contributed by atoms with E-state index in [0.717, 1.165) is 25.3 Å². The number of esters is 1. The highest BCUT2D eigenvalue weighted by Gasteiger charge is 2.06.